The average Bonchev–Trinajstić information content (AvgIpc) is 2.36. The van der Waals surface area contributed by atoms with Crippen molar-refractivity contribution in [1.29, 1.82) is 0 Å². The third-order valence-corrected chi connectivity index (χ3v) is 3.46. The van der Waals surface area contributed by atoms with Gasteiger partial charge in [-0.3, -0.25) is 9.78 Å². The van der Waals surface area contributed by atoms with Crippen LogP contribution in [0.3, 0.4) is 0 Å². The van der Waals surface area contributed by atoms with Gasteiger partial charge in [-0.05, 0) is 24.8 Å². The van der Waals surface area contributed by atoms with Crippen molar-refractivity contribution in [3.63, 3.8) is 0 Å². The van der Waals surface area contributed by atoms with E-state index in [4.69, 9.17) is 4.74 Å². The van der Waals surface area contributed by atoms with Gasteiger partial charge in [-0.2, -0.15) is 0 Å². The molecule has 2 unspecified atom stereocenters. The number of nitrogens with zero attached hydrogens (tertiary/aromatic N) is 1. The number of pyridine rings is 1. The van der Waals surface area contributed by atoms with Gasteiger partial charge in [-0.15, -0.1) is 0 Å². The van der Waals surface area contributed by atoms with E-state index < -0.39 is 0 Å². The summed E-state index contributed by atoms with van der Waals surface area (Å²) in [6.45, 7) is 4.33. The largest absolute Gasteiger partial charge is 0.487 e. The highest BCUT2D eigenvalue weighted by Crippen LogP contribution is 2.31. The first kappa shape index (κ1) is 12.1. The maximum Gasteiger partial charge on any atom is 0.170 e. The van der Waals surface area contributed by atoms with Crippen molar-refractivity contribution in [3.8, 4) is 5.75 Å². The van der Waals surface area contributed by atoms with Crippen molar-refractivity contribution in [2.75, 3.05) is 0 Å². The minimum absolute atomic E-state index is 0.0316. The Labute approximate surface area is 102 Å². The molecule has 0 saturated carbocycles. The predicted molar refractivity (Wildman–Crippen MR) is 66.3 cm³/mol. The summed E-state index contributed by atoms with van der Waals surface area (Å²) < 4.78 is 5.92. The van der Waals surface area contributed by atoms with E-state index in [-0.39, 0.29) is 11.9 Å². The van der Waals surface area contributed by atoms with Crippen molar-refractivity contribution in [3.05, 3.63) is 24.0 Å². The molecule has 1 aromatic heterocycles. The molecule has 1 aliphatic rings. The third-order valence-electron chi connectivity index (χ3n) is 3.46. The van der Waals surface area contributed by atoms with E-state index in [9.17, 15) is 4.79 Å². The Kier molecular flexibility index (Phi) is 3.77. The summed E-state index contributed by atoms with van der Waals surface area (Å²) >= 11 is 0. The highest BCUT2D eigenvalue weighted by molar-refractivity contribution is 5.99. The minimum Gasteiger partial charge on any atom is -0.487 e. The smallest absolute Gasteiger partial charge is 0.170 e. The van der Waals surface area contributed by atoms with Gasteiger partial charge >= 0.3 is 0 Å². The number of aromatic nitrogens is 1. The van der Waals surface area contributed by atoms with Gasteiger partial charge in [0, 0.05) is 12.6 Å². The molecule has 0 aromatic carbocycles. The lowest BCUT2D eigenvalue weighted by Crippen LogP contribution is -2.33. The van der Waals surface area contributed by atoms with E-state index in [1.165, 1.54) is 0 Å². The Balaban J connectivity index is 2.18. The SMILES string of the molecule is CCCC(CC)C1CC(=O)c2ccncc2O1. The lowest BCUT2D eigenvalue weighted by molar-refractivity contribution is 0.0704. The molecule has 2 heterocycles. The summed E-state index contributed by atoms with van der Waals surface area (Å²) in [6.07, 6.45) is 7.14. The topological polar surface area (TPSA) is 39.2 Å². The Morgan fingerprint density at radius 3 is 3.06 bits per heavy atom. The summed E-state index contributed by atoms with van der Waals surface area (Å²) in [5.41, 5.74) is 0.683. The highest BCUT2D eigenvalue weighted by atomic mass is 16.5. The summed E-state index contributed by atoms with van der Waals surface area (Å²) in [7, 11) is 0. The maximum absolute atomic E-state index is 12.0. The molecule has 1 aromatic rings. The molecule has 0 spiro atoms. The quantitative estimate of drug-likeness (QED) is 0.801. The lowest BCUT2D eigenvalue weighted by Gasteiger charge is -2.30. The molecule has 0 aliphatic carbocycles. The number of carbonyl (C=O) groups excluding carboxylic acids is 1. The Morgan fingerprint density at radius 2 is 2.35 bits per heavy atom. The molecule has 1 aliphatic heterocycles. The Morgan fingerprint density at radius 1 is 1.53 bits per heavy atom. The number of rotatable bonds is 4. The van der Waals surface area contributed by atoms with Crippen LogP contribution >= 0.6 is 0 Å². The molecule has 0 saturated heterocycles. The summed E-state index contributed by atoms with van der Waals surface area (Å²) in [5.74, 6) is 1.31. The highest BCUT2D eigenvalue weighted by Gasteiger charge is 2.30. The summed E-state index contributed by atoms with van der Waals surface area (Å²) in [6, 6.07) is 1.74. The van der Waals surface area contributed by atoms with Gasteiger partial charge in [0.05, 0.1) is 11.8 Å². The van der Waals surface area contributed by atoms with Gasteiger partial charge in [-0.25, -0.2) is 0 Å². The molecule has 0 radical (unpaired) electrons. The molecule has 17 heavy (non-hydrogen) atoms. The second kappa shape index (κ2) is 5.30. The summed E-state index contributed by atoms with van der Waals surface area (Å²) in [4.78, 5) is 16.0. The second-order valence-electron chi connectivity index (χ2n) is 4.61. The fraction of sp³-hybridized carbons (Fsp3) is 0.571. The van der Waals surface area contributed by atoms with Crippen LogP contribution in [0.25, 0.3) is 0 Å². The van der Waals surface area contributed by atoms with Crippen LogP contribution in [0.2, 0.25) is 0 Å². The lowest BCUT2D eigenvalue weighted by atomic mass is 9.88. The molecule has 0 bridgehead atoms. The third kappa shape index (κ3) is 2.48. The zero-order valence-electron chi connectivity index (χ0n) is 10.5. The zero-order valence-corrected chi connectivity index (χ0v) is 10.5. The average molecular weight is 233 g/mol. The Bertz CT molecular complexity index is 403. The zero-order chi connectivity index (χ0) is 12.3. The van der Waals surface area contributed by atoms with Crippen LogP contribution < -0.4 is 4.74 Å². The van der Waals surface area contributed by atoms with Crippen LogP contribution in [0.15, 0.2) is 18.5 Å². The molecule has 92 valence electrons. The number of ether oxygens (including phenoxy) is 1. The van der Waals surface area contributed by atoms with Gasteiger partial charge < -0.3 is 4.74 Å². The van der Waals surface area contributed by atoms with Crippen molar-refractivity contribution < 1.29 is 9.53 Å². The molecular formula is C14H19NO2. The maximum atomic E-state index is 12.0. The molecular weight excluding hydrogens is 214 g/mol. The van der Waals surface area contributed by atoms with E-state index in [1.807, 2.05) is 0 Å². The number of carbonyl (C=O) groups is 1. The van der Waals surface area contributed by atoms with Crippen molar-refractivity contribution in [1.82, 2.24) is 4.98 Å². The molecule has 0 N–H and O–H groups in total. The number of ketones is 1. The van der Waals surface area contributed by atoms with Crippen LogP contribution in [0.4, 0.5) is 0 Å². The van der Waals surface area contributed by atoms with Gasteiger partial charge in [0.15, 0.2) is 5.78 Å². The van der Waals surface area contributed by atoms with Crippen molar-refractivity contribution in [2.24, 2.45) is 5.92 Å². The molecule has 3 nitrogen and oxygen atoms in total. The van der Waals surface area contributed by atoms with E-state index in [0.29, 0.717) is 23.7 Å². The fourth-order valence-corrected chi connectivity index (χ4v) is 2.49. The molecule has 0 amide bonds. The van der Waals surface area contributed by atoms with Gasteiger partial charge in [0.1, 0.15) is 11.9 Å². The van der Waals surface area contributed by atoms with Crippen LogP contribution in [-0.2, 0) is 0 Å². The van der Waals surface area contributed by atoms with Crippen LogP contribution in [0.5, 0.6) is 5.75 Å². The van der Waals surface area contributed by atoms with Gasteiger partial charge in [0.2, 0.25) is 0 Å². The summed E-state index contributed by atoms with van der Waals surface area (Å²) in [5, 5.41) is 0. The minimum atomic E-state index is 0.0316. The van der Waals surface area contributed by atoms with E-state index in [0.717, 1.165) is 19.3 Å². The van der Waals surface area contributed by atoms with Crippen molar-refractivity contribution >= 4 is 5.78 Å². The standard InChI is InChI=1S/C14H19NO2/c1-3-5-10(4-2)13-8-12(16)11-6-7-15-9-14(11)17-13/h6-7,9-10,13H,3-5,8H2,1-2H3. The number of hydrogen-bond acceptors (Lipinski definition) is 3. The predicted octanol–water partition coefficient (Wildman–Crippen LogP) is 3.24. The van der Waals surface area contributed by atoms with E-state index in [1.54, 1.807) is 18.5 Å². The normalized spacial score (nSPS) is 20.6. The monoisotopic (exact) mass is 233 g/mol. The van der Waals surface area contributed by atoms with Crippen LogP contribution in [0, 0.1) is 5.92 Å². The van der Waals surface area contributed by atoms with Crippen molar-refractivity contribution in [2.45, 2.75) is 45.6 Å². The fourth-order valence-electron chi connectivity index (χ4n) is 2.49. The molecule has 3 heteroatoms. The van der Waals surface area contributed by atoms with E-state index >= 15 is 0 Å². The molecule has 2 atom stereocenters. The number of fused-ring (bicyclic) bond motifs is 1. The van der Waals surface area contributed by atoms with E-state index in [2.05, 4.69) is 18.8 Å². The molecule has 0 fully saturated rings. The number of Topliss-reactive ketones (excluding diaryl/α,β-unsaturated/α-hetero) is 1. The van der Waals surface area contributed by atoms with Crippen LogP contribution in [-0.4, -0.2) is 16.9 Å². The molecule has 2 rings (SSSR count). The van der Waals surface area contributed by atoms with Gasteiger partial charge in [-0.1, -0.05) is 20.3 Å². The first-order valence-electron chi connectivity index (χ1n) is 6.40. The first-order chi connectivity index (χ1) is 8.26. The van der Waals surface area contributed by atoms with Gasteiger partial charge in [0.25, 0.3) is 0 Å². The number of hydrogen-bond donors (Lipinski definition) is 0. The Hall–Kier alpha value is -1.38. The first-order valence-corrected chi connectivity index (χ1v) is 6.40. The van der Waals surface area contributed by atoms with Crippen LogP contribution in [0.1, 0.15) is 49.9 Å². The second-order valence-corrected chi connectivity index (χ2v) is 4.61.